The first-order valence-corrected chi connectivity index (χ1v) is 8.38. The molecule has 26 heavy (non-hydrogen) atoms. The number of hydrogen-bond acceptors (Lipinski definition) is 3. The van der Waals surface area contributed by atoms with Crippen LogP contribution in [-0.2, 0) is 5.41 Å². The average Bonchev–Trinajstić information content (AvgIpc) is 3.07. The number of benzene rings is 2. The molecule has 0 aliphatic carbocycles. The van der Waals surface area contributed by atoms with Crippen LogP contribution >= 0.6 is 0 Å². The second-order valence-electron chi connectivity index (χ2n) is 7.17. The van der Waals surface area contributed by atoms with Crippen molar-refractivity contribution in [2.24, 2.45) is 0 Å². The normalized spacial score (nSPS) is 11.4. The van der Waals surface area contributed by atoms with Crippen molar-refractivity contribution in [2.75, 3.05) is 7.11 Å². The van der Waals surface area contributed by atoms with E-state index in [-0.39, 0.29) is 5.41 Å². The quantitative estimate of drug-likeness (QED) is 0.718. The SMILES string of the molecule is COc1ccc(-c2cc(-c3ccc(C(C)(C)C)cc3)n(C(=O)O)n2)cc1. The zero-order valence-electron chi connectivity index (χ0n) is 15.4. The van der Waals surface area contributed by atoms with E-state index in [9.17, 15) is 9.90 Å². The Balaban J connectivity index is 2.03. The number of rotatable bonds is 3. The van der Waals surface area contributed by atoms with Crippen LogP contribution in [0.4, 0.5) is 4.79 Å². The fourth-order valence-electron chi connectivity index (χ4n) is 2.78. The van der Waals surface area contributed by atoms with Crippen molar-refractivity contribution in [3.05, 3.63) is 60.2 Å². The number of nitrogens with zero attached hydrogens (tertiary/aromatic N) is 2. The summed E-state index contributed by atoms with van der Waals surface area (Å²) >= 11 is 0. The molecule has 0 radical (unpaired) electrons. The maximum absolute atomic E-state index is 11.6. The highest BCUT2D eigenvalue weighted by Gasteiger charge is 2.18. The number of ether oxygens (including phenoxy) is 1. The van der Waals surface area contributed by atoms with Gasteiger partial charge in [-0.25, -0.2) is 4.79 Å². The number of carbonyl (C=O) groups is 1. The highest BCUT2D eigenvalue weighted by Crippen LogP contribution is 2.29. The topological polar surface area (TPSA) is 64.3 Å². The van der Waals surface area contributed by atoms with Crippen molar-refractivity contribution in [3.63, 3.8) is 0 Å². The second kappa shape index (κ2) is 6.67. The van der Waals surface area contributed by atoms with Gasteiger partial charge in [-0.3, -0.25) is 0 Å². The number of aromatic nitrogens is 2. The minimum atomic E-state index is -1.11. The van der Waals surface area contributed by atoms with Crippen LogP contribution in [0.5, 0.6) is 5.75 Å². The standard InChI is InChI=1S/C21H22N2O3/c1-21(2,3)16-9-5-15(6-10-16)19-13-18(22-23(19)20(24)25)14-7-11-17(26-4)12-8-14/h5-13H,1-4H3,(H,24,25). The van der Waals surface area contributed by atoms with Crippen molar-refractivity contribution >= 4 is 6.09 Å². The van der Waals surface area contributed by atoms with Crippen molar-refractivity contribution < 1.29 is 14.6 Å². The van der Waals surface area contributed by atoms with Gasteiger partial charge in [0, 0.05) is 11.1 Å². The third-order valence-electron chi connectivity index (χ3n) is 4.32. The molecule has 5 nitrogen and oxygen atoms in total. The molecule has 0 amide bonds. The molecule has 0 bridgehead atoms. The van der Waals surface area contributed by atoms with Crippen molar-refractivity contribution in [1.29, 1.82) is 0 Å². The van der Waals surface area contributed by atoms with Gasteiger partial charge in [-0.15, -0.1) is 0 Å². The van der Waals surface area contributed by atoms with Crippen LogP contribution in [0.1, 0.15) is 26.3 Å². The summed E-state index contributed by atoms with van der Waals surface area (Å²) in [5, 5.41) is 13.8. The molecule has 2 aromatic carbocycles. The van der Waals surface area contributed by atoms with Crippen LogP contribution in [0.25, 0.3) is 22.5 Å². The number of methoxy groups -OCH3 is 1. The molecular weight excluding hydrogens is 328 g/mol. The fraction of sp³-hybridized carbons (Fsp3) is 0.238. The van der Waals surface area contributed by atoms with Gasteiger partial charge in [0.05, 0.1) is 18.5 Å². The Morgan fingerprint density at radius 1 is 1.00 bits per heavy atom. The van der Waals surface area contributed by atoms with E-state index in [1.54, 1.807) is 13.2 Å². The zero-order valence-corrected chi connectivity index (χ0v) is 15.4. The molecule has 1 heterocycles. The first-order valence-electron chi connectivity index (χ1n) is 8.38. The van der Waals surface area contributed by atoms with Gasteiger partial charge < -0.3 is 9.84 Å². The molecule has 0 saturated carbocycles. The molecule has 0 aliphatic rings. The summed E-state index contributed by atoms with van der Waals surface area (Å²) in [6, 6.07) is 17.1. The molecule has 3 rings (SSSR count). The van der Waals surface area contributed by atoms with Gasteiger partial charge in [0.15, 0.2) is 0 Å². The molecule has 1 aromatic heterocycles. The summed E-state index contributed by atoms with van der Waals surface area (Å²) in [7, 11) is 1.60. The van der Waals surface area contributed by atoms with Gasteiger partial charge in [-0.05, 0) is 41.3 Å². The maximum Gasteiger partial charge on any atom is 0.432 e. The summed E-state index contributed by atoms with van der Waals surface area (Å²) < 4.78 is 6.18. The van der Waals surface area contributed by atoms with Crippen molar-refractivity contribution in [2.45, 2.75) is 26.2 Å². The smallest absolute Gasteiger partial charge is 0.432 e. The van der Waals surface area contributed by atoms with Gasteiger partial charge in [0.1, 0.15) is 5.75 Å². The molecule has 0 aliphatic heterocycles. The monoisotopic (exact) mass is 350 g/mol. The van der Waals surface area contributed by atoms with Crippen LogP contribution in [0.3, 0.4) is 0 Å². The van der Waals surface area contributed by atoms with E-state index in [4.69, 9.17) is 4.74 Å². The predicted molar refractivity (Wildman–Crippen MR) is 102 cm³/mol. The van der Waals surface area contributed by atoms with Crippen molar-refractivity contribution in [3.8, 4) is 28.3 Å². The molecule has 0 fully saturated rings. The first-order chi connectivity index (χ1) is 12.3. The number of carboxylic acid groups (broad SMARTS) is 1. The van der Waals surface area contributed by atoms with E-state index in [1.165, 1.54) is 5.56 Å². The molecule has 5 heteroatoms. The Bertz CT molecular complexity index is 917. The van der Waals surface area contributed by atoms with Crippen LogP contribution in [0.15, 0.2) is 54.6 Å². The minimum absolute atomic E-state index is 0.0415. The van der Waals surface area contributed by atoms with Crippen LogP contribution in [-0.4, -0.2) is 28.1 Å². The number of hydrogen-bond donors (Lipinski definition) is 1. The van der Waals surface area contributed by atoms with Gasteiger partial charge >= 0.3 is 6.09 Å². The Kier molecular flexibility index (Phi) is 4.55. The maximum atomic E-state index is 11.6. The van der Waals surface area contributed by atoms with Crippen LogP contribution in [0.2, 0.25) is 0 Å². The van der Waals surface area contributed by atoms with Gasteiger partial charge in [0.2, 0.25) is 0 Å². The molecule has 0 spiro atoms. The summed E-state index contributed by atoms with van der Waals surface area (Å²) in [5.74, 6) is 0.740. The molecule has 134 valence electrons. The van der Waals surface area contributed by atoms with E-state index in [1.807, 2.05) is 48.5 Å². The van der Waals surface area contributed by atoms with Gasteiger partial charge in [-0.1, -0.05) is 45.0 Å². The lowest BCUT2D eigenvalue weighted by atomic mass is 9.86. The van der Waals surface area contributed by atoms with E-state index in [2.05, 4.69) is 25.9 Å². The third kappa shape index (κ3) is 3.47. The second-order valence-corrected chi connectivity index (χ2v) is 7.17. The van der Waals surface area contributed by atoms with Crippen LogP contribution < -0.4 is 4.74 Å². The molecule has 1 N–H and O–H groups in total. The lowest BCUT2D eigenvalue weighted by molar-refractivity contribution is 0.193. The Morgan fingerprint density at radius 3 is 2.08 bits per heavy atom. The Hall–Kier alpha value is -3.08. The Labute approximate surface area is 152 Å². The van der Waals surface area contributed by atoms with Gasteiger partial charge in [-0.2, -0.15) is 9.78 Å². The Morgan fingerprint density at radius 2 is 1.58 bits per heavy atom. The summed E-state index contributed by atoms with van der Waals surface area (Å²) in [6.45, 7) is 6.43. The molecular formula is C21H22N2O3. The largest absolute Gasteiger partial charge is 0.497 e. The zero-order chi connectivity index (χ0) is 18.9. The lowest BCUT2D eigenvalue weighted by Gasteiger charge is -2.19. The average molecular weight is 350 g/mol. The molecule has 0 unspecified atom stereocenters. The van der Waals surface area contributed by atoms with E-state index in [0.29, 0.717) is 11.4 Å². The highest BCUT2D eigenvalue weighted by molar-refractivity contribution is 5.79. The predicted octanol–water partition coefficient (Wildman–Crippen LogP) is 5.05. The fourth-order valence-corrected chi connectivity index (χ4v) is 2.78. The van der Waals surface area contributed by atoms with Gasteiger partial charge in [0.25, 0.3) is 0 Å². The minimum Gasteiger partial charge on any atom is -0.497 e. The van der Waals surface area contributed by atoms with E-state index in [0.717, 1.165) is 21.6 Å². The van der Waals surface area contributed by atoms with E-state index >= 15 is 0 Å². The summed E-state index contributed by atoms with van der Waals surface area (Å²) in [5.41, 5.74) is 4.03. The molecule has 3 aromatic rings. The van der Waals surface area contributed by atoms with Crippen molar-refractivity contribution in [1.82, 2.24) is 9.78 Å². The van der Waals surface area contributed by atoms with E-state index < -0.39 is 6.09 Å². The first kappa shape index (κ1) is 17.7. The molecule has 0 atom stereocenters. The molecule has 0 saturated heterocycles. The lowest BCUT2D eigenvalue weighted by Crippen LogP contribution is -2.12. The summed E-state index contributed by atoms with van der Waals surface area (Å²) in [6.07, 6.45) is -1.11. The third-order valence-corrected chi connectivity index (χ3v) is 4.32. The summed E-state index contributed by atoms with van der Waals surface area (Å²) in [4.78, 5) is 11.6. The highest BCUT2D eigenvalue weighted by atomic mass is 16.5. The van der Waals surface area contributed by atoms with Crippen LogP contribution in [0, 0.1) is 0 Å².